The molecule has 2 aromatic rings. The summed E-state index contributed by atoms with van der Waals surface area (Å²) in [7, 11) is 0. The fourth-order valence-corrected chi connectivity index (χ4v) is 2.01. The number of hydrogen-bond acceptors (Lipinski definition) is 2. The van der Waals surface area contributed by atoms with Crippen molar-refractivity contribution in [3.63, 3.8) is 0 Å². The number of thiophene rings is 1. The standard InChI is InChI=1S/C12H13NS/c1-10-5-2-3-7-12(10)13-9-11-6-4-8-14-11/h2-8,13H,9H2,1H3. The van der Waals surface area contributed by atoms with Gasteiger partial charge in [-0.1, -0.05) is 24.3 Å². The third kappa shape index (κ3) is 2.15. The lowest BCUT2D eigenvalue weighted by molar-refractivity contribution is 1.18. The average molecular weight is 203 g/mol. The van der Waals surface area contributed by atoms with E-state index in [1.54, 1.807) is 11.3 Å². The first-order chi connectivity index (χ1) is 6.86. The summed E-state index contributed by atoms with van der Waals surface area (Å²) in [4.78, 5) is 1.37. The van der Waals surface area contributed by atoms with Gasteiger partial charge in [-0.3, -0.25) is 0 Å². The Kier molecular flexibility index (Phi) is 2.84. The van der Waals surface area contributed by atoms with Crippen molar-refractivity contribution >= 4 is 17.0 Å². The predicted molar refractivity (Wildman–Crippen MR) is 62.8 cm³/mol. The minimum absolute atomic E-state index is 0.919. The quantitative estimate of drug-likeness (QED) is 0.802. The lowest BCUT2D eigenvalue weighted by Crippen LogP contribution is -1.98. The highest BCUT2D eigenvalue weighted by atomic mass is 32.1. The van der Waals surface area contributed by atoms with E-state index >= 15 is 0 Å². The molecule has 2 heteroatoms. The van der Waals surface area contributed by atoms with Crippen LogP contribution in [0.15, 0.2) is 41.8 Å². The Morgan fingerprint density at radius 1 is 1.14 bits per heavy atom. The smallest absolute Gasteiger partial charge is 0.0494 e. The van der Waals surface area contributed by atoms with E-state index in [9.17, 15) is 0 Å². The van der Waals surface area contributed by atoms with Crippen LogP contribution < -0.4 is 5.32 Å². The van der Waals surface area contributed by atoms with Crippen LogP contribution >= 0.6 is 11.3 Å². The van der Waals surface area contributed by atoms with Gasteiger partial charge in [0.15, 0.2) is 0 Å². The molecule has 0 amide bonds. The molecule has 0 radical (unpaired) electrons. The summed E-state index contributed by atoms with van der Waals surface area (Å²) in [6, 6.07) is 12.6. The second-order valence-electron chi connectivity index (χ2n) is 3.25. The number of nitrogens with one attached hydrogen (secondary N) is 1. The molecule has 2 rings (SSSR count). The van der Waals surface area contributed by atoms with Crippen LogP contribution in [0, 0.1) is 6.92 Å². The molecule has 0 aliphatic rings. The number of rotatable bonds is 3. The van der Waals surface area contributed by atoms with Crippen molar-refractivity contribution in [3.05, 3.63) is 52.2 Å². The first kappa shape index (κ1) is 9.28. The zero-order chi connectivity index (χ0) is 9.80. The molecule has 0 aliphatic carbocycles. The van der Waals surface area contributed by atoms with Crippen LogP contribution in [-0.2, 0) is 6.54 Å². The molecule has 14 heavy (non-hydrogen) atoms. The molecule has 1 N–H and O–H groups in total. The van der Waals surface area contributed by atoms with E-state index in [4.69, 9.17) is 0 Å². The molecular weight excluding hydrogens is 190 g/mol. The molecule has 0 saturated heterocycles. The van der Waals surface area contributed by atoms with Crippen molar-refractivity contribution in [2.45, 2.75) is 13.5 Å². The lowest BCUT2D eigenvalue weighted by Gasteiger charge is -2.07. The lowest BCUT2D eigenvalue weighted by atomic mass is 10.2. The molecule has 0 bridgehead atoms. The Bertz CT molecular complexity index is 392. The molecule has 0 atom stereocenters. The molecule has 1 nitrogen and oxygen atoms in total. The van der Waals surface area contributed by atoms with Gasteiger partial charge in [0.05, 0.1) is 0 Å². The van der Waals surface area contributed by atoms with E-state index in [1.165, 1.54) is 16.1 Å². The Morgan fingerprint density at radius 2 is 2.00 bits per heavy atom. The number of anilines is 1. The van der Waals surface area contributed by atoms with Gasteiger partial charge < -0.3 is 5.32 Å². The molecule has 0 saturated carbocycles. The Morgan fingerprint density at radius 3 is 2.71 bits per heavy atom. The van der Waals surface area contributed by atoms with Gasteiger partial charge in [-0.15, -0.1) is 11.3 Å². The van der Waals surface area contributed by atoms with Gasteiger partial charge in [-0.2, -0.15) is 0 Å². The van der Waals surface area contributed by atoms with Crippen molar-refractivity contribution in [3.8, 4) is 0 Å². The zero-order valence-corrected chi connectivity index (χ0v) is 8.97. The second kappa shape index (κ2) is 4.29. The van der Waals surface area contributed by atoms with E-state index in [1.807, 2.05) is 0 Å². The fourth-order valence-electron chi connectivity index (χ4n) is 1.37. The fraction of sp³-hybridized carbons (Fsp3) is 0.167. The van der Waals surface area contributed by atoms with Gasteiger partial charge in [0.25, 0.3) is 0 Å². The van der Waals surface area contributed by atoms with E-state index < -0.39 is 0 Å². The van der Waals surface area contributed by atoms with E-state index in [0.717, 1.165) is 6.54 Å². The molecule has 72 valence electrons. The molecule has 0 aliphatic heterocycles. The third-order valence-electron chi connectivity index (χ3n) is 2.18. The van der Waals surface area contributed by atoms with Crippen LogP contribution in [0.4, 0.5) is 5.69 Å². The highest BCUT2D eigenvalue weighted by Gasteiger charge is 1.96. The van der Waals surface area contributed by atoms with Gasteiger partial charge in [0.2, 0.25) is 0 Å². The maximum atomic E-state index is 3.43. The minimum Gasteiger partial charge on any atom is -0.380 e. The normalized spacial score (nSPS) is 10.1. The SMILES string of the molecule is Cc1ccccc1NCc1cccs1. The molecule has 0 unspecified atom stereocenters. The van der Waals surface area contributed by atoms with E-state index in [-0.39, 0.29) is 0 Å². The maximum absolute atomic E-state index is 3.43. The van der Waals surface area contributed by atoms with Crippen molar-refractivity contribution in [2.75, 3.05) is 5.32 Å². The van der Waals surface area contributed by atoms with Crippen LogP contribution in [0.1, 0.15) is 10.4 Å². The van der Waals surface area contributed by atoms with Gasteiger partial charge in [-0.25, -0.2) is 0 Å². The summed E-state index contributed by atoms with van der Waals surface area (Å²) in [5.41, 5.74) is 2.52. The molecule has 1 heterocycles. The van der Waals surface area contributed by atoms with Crippen molar-refractivity contribution in [1.29, 1.82) is 0 Å². The largest absolute Gasteiger partial charge is 0.380 e. The topological polar surface area (TPSA) is 12.0 Å². The summed E-state index contributed by atoms with van der Waals surface area (Å²) < 4.78 is 0. The molecule has 1 aromatic carbocycles. The zero-order valence-electron chi connectivity index (χ0n) is 8.16. The molecule has 1 aromatic heterocycles. The summed E-state index contributed by atoms with van der Waals surface area (Å²) in [6.45, 7) is 3.04. The molecular formula is C12H13NS. The highest BCUT2D eigenvalue weighted by Crippen LogP contribution is 2.16. The Balaban J connectivity index is 2.02. The van der Waals surface area contributed by atoms with Crippen molar-refractivity contribution in [1.82, 2.24) is 0 Å². The monoisotopic (exact) mass is 203 g/mol. The Labute approximate surface area is 88.4 Å². The summed E-state index contributed by atoms with van der Waals surface area (Å²) in [5, 5.41) is 5.53. The second-order valence-corrected chi connectivity index (χ2v) is 4.28. The summed E-state index contributed by atoms with van der Waals surface area (Å²) in [6.07, 6.45) is 0. The minimum atomic E-state index is 0.919. The van der Waals surface area contributed by atoms with Gasteiger partial charge in [0.1, 0.15) is 0 Å². The number of benzene rings is 1. The number of aryl methyl sites for hydroxylation is 1. The van der Waals surface area contributed by atoms with Crippen LogP contribution in [0.3, 0.4) is 0 Å². The predicted octanol–water partition coefficient (Wildman–Crippen LogP) is 3.67. The maximum Gasteiger partial charge on any atom is 0.0494 e. The Hall–Kier alpha value is -1.28. The summed E-state index contributed by atoms with van der Waals surface area (Å²) in [5.74, 6) is 0. The van der Waals surface area contributed by atoms with Gasteiger partial charge in [-0.05, 0) is 30.0 Å². The van der Waals surface area contributed by atoms with Crippen LogP contribution in [-0.4, -0.2) is 0 Å². The van der Waals surface area contributed by atoms with E-state index in [2.05, 4.69) is 54.0 Å². The van der Waals surface area contributed by atoms with Crippen LogP contribution in [0.25, 0.3) is 0 Å². The molecule has 0 fully saturated rings. The summed E-state index contributed by atoms with van der Waals surface area (Å²) >= 11 is 1.79. The average Bonchev–Trinajstić information content (AvgIpc) is 2.69. The highest BCUT2D eigenvalue weighted by molar-refractivity contribution is 7.09. The van der Waals surface area contributed by atoms with Crippen molar-refractivity contribution in [2.24, 2.45) is 0 Å². The van der Waals surface area contributed by atoms with Crippen molar-refractivity contribution < 1.29 is 0 Å². The first-order valence-corrected chi connectivity index (χ1v) is 5.56. The molecule has 0 spiro atoms. The van der Waals surface area contributed by atoms with Crippen LogP contribution in [0.2, 0.25) is 0 Å². The van der Waals surface area contributed by atoms with Crippen LogP contribution in [0.5, 0.6) is 0 Å². The third-order valence-corrected chi connectivity index (χ3v) is 3.05. The number of para-hydroxylation sites is 1. The van der Waals surface area contributed by atoms with E-state index in [0.29, 0.717) is 0 Å². The number of hydrogen-bond donors (Lipinski definition) is 1. The van der Waals surface area contributed by atoms with Gasteiger partial charge in [0, 0.05) is 17.1 Å². The first-order valence-electron chi connectivity index (χ1n) is 4.68. The van der Waals surface area contributed by atoms with Gasteiger partial charge >= 0.3 is 0 Å².